The molecule has 1 fully saturated rings. The van der Waals surface area contributed by atoms with Gasteiger partial charge in [-0.05, 0) is 90.7 Å². The SMILES string of the molecule is CN1CC(=O)N[C@@H](Cc2c[nH]c3ccccc23)C(=O)N[C@@H](Cc2c[nH]c3ccccc23)C(=O)N[C@@H](CC(=O)O)C(=O)N[C@@H](Cc2cnc[nH]2)C(=O)N(C)[C@@H](Cc2ccc(O)cc2)C(=O)N2CCC[C@H]2C(=O)N[C@H](C(N)=O)CSCc2cccc(c2)CSCCC(=O)N[C@@H](CCCCN)C1=O. The fourth-order valence-electron chi connectivity index (χ4n) is 12.4. The van der Waals surface area contributed by atoms with Crippen LogP contribution < -0.4 is 43.4 Å². The number of H-pyrrole nitrogens is 3. The molecule has 28 nitrogen and oxygen atoms in total. The fourth-order valence-corrected chi connectivity index (χ4v) is 14.3. The van der Waals surface area contributed by atoms with Crippen LogP contribution in [-0.2, 0) is 89.9 Å². The van der Waals surface area contributed by atoms with Gasteiger partial charge in [0.1, 0.15) is 54.1 Å². The van der Waals surface area contributed by atoms with E-state index in [1.54, 1.807) is 54.9 Å². The van der Waals surface area contributed by atoms with Crippen molar-refractivity contribution in [3.63, 3.8) is 0 Å². The number of aromatic hydroxyl groups is 1. The van der Waals surface area contributed by atoms with Crippen LogP contribution in [-0.4, -0.2) is 203 Å². The molecule has 530 valence electrons. The number of carboxylic acid groups (broad SMARTS) is 1. The molecule has 8 atom stereocenters. The van der Waals surface area contributed by atoms with Crippen molar-refractivity contribution in [3.05, 3.63) is 155 Å². The quantitative estimate of drug-likeness (QED) is 0.0654. The molecule has 4 aromatic carbocycles. The molecule has 9 rings (SSSR count). The number of imidazole rings is 1. The molecule has 0 spiro atoms. The monoisotopic (exact) mass is 1410 g/mol. The highest BCUT2D eigenvalue weighted by molar-refractivity contribution is 7.98. The van der Waals surface area contributed by atoms with E-state index in [0.717, 1.165) is 26.4 Å². The number of aromatic amines is 3. The summed E-state index contributed by atoms with van der Waals surface area (Å²) in [5, 5.41) is 38.4. The van der Waals surface area contributed by atoms with E-state index in [0.29, 0.717) is 81.7 Å². The second kappa shape index (κ2) is 35.5. The Morgan fingerprint density at radius 3 is 1.87 bits per heavy atom. The summed E-state index contributed by atoms with van der Waals surface area (Å²) in [4.78, 5) is 175. The highest BCUT2D eigenvalue weighted by Gasteiger charge is 2.43. The number of likely N-dealkylation sites (N-methyl/N-ethyl adjacent to an activating group) is 2. The van der Waals surface area contributed by atoms with Gasteiger partial charge in [-0.3, -0.25) is 52.7 Å². The molecule has 0 saturated carbocycles. The number of aliphatic carboxylic acids is 1. The average molecular weight is 1410 g/mol. The average Bonchev–Trinajstić information content (AvgIpc) is 1.54. The molecule has 100 heavy (non-hydrogen) atoms. The van der Waals surface area contributed by atoms with Gasteiger partial charge in [0.2, 0.25) is 59.1 Å². The molecule has 2 bridgehead atoms. The summed E-state index contributed by atoms with van der Waals surface area (Å²) in [6, 6.07) is 16.7. The zero-order valence-corrected chi connectivity index (χ0v) is 57.2. The number of fused-ring (bicyclic) bond motifs is 5. The molecular weight excluding hydrogens is 1320 g/mol. The van der Waals surface area contributed by atoms with Crippen LogP contribution in [0.2, 0.25) is 0 Å². The minimum absolute atomic E-state index is 0.0553. The molecule has 10 amide bonds. The van der Waals surface area contributed by atoms with E-state index in [2.05, 4.69) is 51.8 Å². The number of hydrogen-bond acceptors (Lipinski definition) is 16. The summed E-state index contributed by atoms with van der Waals surface area (Å²) in [6.45, 7) is -0.167. The maximum absolute atomic E-state index is 15.3. The number of rotatable bonds is 15. The zero-order chi connectivity index (χ0) is 71.4. The van der Waals surface area contributed by atoms with E-state index in [1.165, 1.54) is 67.2 Å². The Kier molecular flexibility index (Phi) is 26.3. The number of nitrogens with zero attached hydrogens (tertiary/aromatic N) is 4. The largest absolute Gasteiger partial charge is 0.508 e. The standard InChI is InChI=1S/C70H85N15O13S2/c1-83-36-61(88)78-53(29-44-33-74-50-15-5-3-13-48(44)50)64(92)79-54(30-45-34-75-51-16-6-4-14-49(45)51)65(93)80-55(32-62(89)90)66(94)81-56(31-46-35-73-40-76-46)69(97)84(2)59(28-41-19-21-47(86)22-20-41)70(98)85-25-10-18-58(85)67(95)82-57(63(72)91)39-100-38-43-12-9-11-42(27-43)37-99-26-23-60(87)77-52(68(83)96)17-7-8-24-71/h3-6,9,11-16,19-22,27,33-35,40,52-59,74-75,86H,7-8,10,17-18,23-26,28-32,36-39,71H2,1-2H3,(H2,72,91)(H,73,76)(H,77,87)(H,78,88)(H,79,92)(H,80,93)(H,81,94)(H,82,95)(H,89,90)/t52-,53-,54-,55-,56-,57-,58-,59-/m0/s1. The molecule has 0 radical (unpaired) electrons. The Morgan fingerprint density at radius 1 is 0.630 bits per heavy atom. The predicted octanol–water partition coefficient (Wildman–Crippen LogP) is 2.19. The van der Waals surface area contributed by atoms with Gasteiger partial charge in [0.15, 0.2) is 0 Å². The Morgan fingerprint density at radius 2 is 1.24 bits per heavy atom. The highest BCUT2D eigenvalue weighted by atomic mass is 32.2. The molecule has 2 aliphatic heterocycles. The van der Waals surface area contributed by atoms with Crippen LogP contribution in [0.3, 0.4) is 0 Å². The first-order chi connectivity index (χ1) is 48.1. The number of unbranched alkanes of at least 4 members (excludes halogenated alkanes) is 1. The second-order valence-corrected chi connectivity index (χ2v) is 27.2. The number of carboxylic acids is 1. The van der Waals surface area contributed by atoms with E-state index >= 15 is 19.2 Å². The molecule has 0 aliphatic carbocycles. The van der Waals surface area contributed by atoms with Gasteiger partial charge in [-0.25, -0.2) is 4.98 Å². The number of para-hydroxylation sites is 2. The van der Waals surface area contributed by atoms with Gasteiger partial charge in [-0.1, -0.05) is 72.8 Å². The normalized spacial score (nSPS) is 22.3. The molecule has 1 saturated heterocycles. The van der Waals surface area contributed by atoms with Gasteiger partial charge in [0.25, 0.3) is 0 Å². The van der Waals surface area contributed by atoms with Crippen molar-refractivity contribution in [2.45, 2.75) is 130 Å². The minimum atomic E-state index is -1.94. The lowest BCUT2D eigenvalue weighted by Crippen LogP contribution is -2.61. The smallest absolute Gasteiger partial charge is 0.305 e. The predicted molar refractivity (Wildman–Crippen MR) is 376 cm³/mol. The number of thioether (sulfide) groups is 2. The minimum Gasteiger partial charge on any atom is -0.508 e. The second-order valence-electron chi connectivity index (χ2n) is 25.0. The van der Waals surface area contributed by atoms with Gasteiger partial charge in [-0.2, -0.15) is 23.5 Å². The molecule has 3 aromatic heterocycles. The Balaban J connectivity index is 1.06. The topological polar surface area (TPSA) is 422 Å². The van der Waals surface area contributed by atoms with Crippen LogP contribution in [0, 0.1) is 0 Å². The van der Waals surface area contributed by atoms with Crippen molar-refractivity contribution in [1.82, 2.24) is 66.5 Å². The zero-order valence-electron chi connectivity index (χ0n) is 55.5. The highest BCUT2D eigenvalue weighted by Crippen LogP contribution is 2.26. The summed E-state index contributed by atoms with van der Waals surface area (Å²) >= 11 is 2.85. The van der Waals surface area contributed by atoms with Crippen molar-refractivity contribution in [2.75, 3.05) is 45.2 Å². The number of benzene rings is 4. The molecule has 30 heteroatoms. The number of hydrogen-bond donors (Lipinski definition) is 13. The number of nitrogens with one attached hydrogen (secondary N) is 9. The molecule has 7 aromatic rings. The lowest BCUT2D eigenvalue weighted by atomic mass is 10.0. The van der Waals surface area contributed by atoms with E-state index < -0.39 is 126 Å². The maximum Gasteiger partial charge on any atom is 0.305 e. The van der Waals surface area contributed by atoms with Gasteiger partial charge >= 0.3 is 5.97 Å². The van der Waals surface area contributed by atoms with Gasteiger partial charge in [-0.15, -0.1) is 0 Å². The van der Waals surface area contributed by atoms with E-state index in [4.69, 9.17) is 11.5 Å². The molecule has 2 aliphatic rings. The van der Waals surface area contributed by atoms with Crippen LogP contribution >= 0.6 is 23.5 Å². The van der Waals surface area contributed by atoms with Gasteiger partial charge in [0.05, 0.1) is 19.3 Å². The van der Waals surface area contributed by atoms with Crippen LogP contribution in [0.1, 0.15) is 78.5 Å². The lowest BCUT2D eigenvalue weighted by molar-refractivity contribution is -0.149. The van der Waals surface area contributed by atoms with Crippen molar-refractivity contribution >= 4 is 110 Å². The first kappa shape index (κ1) is 74.0. The number of carbonyl (C=O) groups is 11. The number of phenolic OH excluding ortho intramolecular Hbond substituents is 1. The molecular formula is C70H85N15O13S2. The molecule has 0 unspecified atom stereocenters. The number of aromatic nitrogens is 4. The summed E-state index contributed by atoms with van der Waals surface area (Å²) in [6.07, 6.45) is 5.92. The van der Waals surface area contributed by atoms with Crippen LogP contribution in [0.25, 0.3) is 21.8 Å². The lowest BCUT2D eigenvalue weighted by Gasteiger charge is -2.35. The third kappa shape index (κ3) is 20.2. The number of primary amides is 1. The summed E-state index contributed by atoms with van der Waals surface area (Å²) < 4.78 is 0. The van der Waals surface area contributed by atoms with Crippen molar-refractivity contribution < 1.29 is 63.0 Å². The third-order valence-corrected chi connectivity index (χ3v) is 19.8. The first-order valence-electron chi connectivity index (χ1n) is 33.0. The fraction of sp³-hybridized carbons (Fsp3) is 0.400. The number of nitrogens with two attached hydrogens (primary N) is 2. The van der Waals surface area contributed by atoms with Crippen LogP contribution in [0.15, 0.2) is 122 Å². The summed E-state index contributed by atoms with van der Waals surface area (Å²) in [5.41, 5.74) is 16.9. The molecule has 15 N–H and O–H groups in total. The summed E-state index contributed by atoms with van der Waals surface area (Å²) in [7, 11) is 2.73. The van der Waals surface area contributed by atoms with Crippen molar-refractivity contribution in [3.8, 4) is 5.75 Å². The number of phenols is 1. The Bertz CT molecular complexity index is 4050. The summed E-state index contributed by atoms with van der Waals surface area (Å²) in [5.74, 6) is -8.05. The van der Waals surface area contributed by atoms with Gasteiger partial charge < -0.3 is 83.2 Å². The van der Waals surface area contributed by atoms with Gasteiger partial charge in [0, 0.05) is 122 Å². The maximum atomic E-state index is 15.3. The van der Waals surface area contributed by atoms with E-state index in [9.17, 15) is 43.8 Å². The third-order valence-electron chi connectivity index (χ3n) is 17.7. The Hall–Kier alpha value is -10.2. The van der Waals surface area contributed by atoms with Crippen molar-refractivity contribution in [1.29, 1.82) is 0 Å². The number of amides is 10. The van der Waals surface area contributed by atoms with E-state index in [1.807, 2.05) is 42.5 Å². The molecule has 5 heterocycles. The van der Waals surface area contributed by atoms with Crippen LogP contribution in [0.5, 0.6) is 5.75 Å². The number of carbonyl (C=O) groups excluding carboxylic acids is 10. The van der Waals surface area contributed by atoms with E-state index in [-0.39, 0.29) is 63.0 Å². The van der Waals surface area contributed by atoms with Crippen LogP contribution in [0.4, 0.5) is 0 Å². The first-order valence-corrected chi connectivity index (χ1v) is 35.4. The Labute approximate surface area is 585 Å². The van der Waals surface area contributed by atoms with Crippen molar-refractivity contribution in [2.24, 2.45) is 11.5 Å².